The number of hydrogen-bond donors (Lipinski definition) is 0. The summed E-state index contributed by atoms with van der Waals surface area (Å²) in [7, 11) is 0. The Bertz CT molecular complexity index is 604. The molecule has 0 saturated carbocycles. The van der Waals surface area contributed by atoms with Crippen LogP contribution in [-0.4, -0.2) is 23.7 Å². The fraction of sp³-hybridized carbons (Fsp3) is 0.333. The largest absolute Gasteiger partial charge is 0.516 e. The average Bonchev–Trinajstić information content (AvgIpc) is 2.38. The molecule has 0 amide bonds. The van der Waals surface area contributed by atoms with E-state index in [0.717, 1.165) is 0 Å². The number of nitro benzene ring substituents is 1. The van der Waals surface area contributed by atoms with Crippen molar-refractivity contribution in [2.75, 3.05) is 6.61 Å². The van der Waals surface area contributed by atoms with Crippen LogP contribution in [-0.2, 0) is 15.9 Å². The third-order valence-electron chi connectivity index (χ3n) is 2.48. The maximum atomic E-state index is 13.8. The molecule has 1 aromatic carbocycles. The number of halogens is 2. The maximum Gasteiger partial charge on any atom is 0.516 e. The molecule has 0 radical (unpaired) electrons. The molecule has 0 aliphatic heterocycles. The first-order chi connectivity index (χ1) is 9.83. The Hall–Kier alpha value is -2.22. The highest BCUT2D eigenvalue weighted by molar-refractivity contribution is 6.34. The van der Waals surface area contributed by atoms with Crippen LogP contribution in [0.2, 0.25) is 5.02 Å². The van der Waals surface area contributed by atoms with E-state index in [4.69, 9.17) is 11.6 Å². The van der Waals surface area contributed by atoms with Gasteiger partial charge in [-0.3, -0.25) is 10.1 Å². The molecule has 0 bridgehead atoms. The summed E-state index contributed by atoms with van der Waals surface area (Å²) >= 11 is 5.83. The number of benzene rings is 1. The molecule has 0 saturated heterocycles. The van der Waals surface area contributed by atoms with Crippen LogP contribution in [0.3, 0.4) is 0 Å². The molecular weight excluding hydrogens is 309 g/mol. The average molecular weight is 320 g/mol. The Morgan fingerprint density at radius 2 is 2.05 bits per heavy atom. The molecule has 114 valence electrons. The van der Waals surface area contributed by atoms with Gasteiger partial charge >= 0.3 is 17.8 Å². The molecule has 0 aliphatic carbocycles. The van der Waals surface area contributed by atoms with Crippen molar-refractivity contribution in [1.29, 1.82) is 0 Å². The topological polar surface area (TPSA) is 95.7 Å². The maximum absolute atomic E-state index is 13.8. The monoisotopic (exact) mass is 319 g/mol. The summed E-state index contributed by atoms with van der Waals surface area (Å²) in [6.45, 7) is 2.98. The highest BCUT2D eigenvalue weighted by atomic mass is 35.5. The van der Waals surface area contributed by atoms with E-state index in [1.165, 1.54) is 13.8 Å². The zero-order chi connectivity index (χ0) is 16.2. The first-order valence-electron chi connectivity index (χ1n) is 5.87. The minimum atomic E-state index is -1.27. The molecule has 0 spiro atoms. The predicted octanol–water partition coefficient (Wildman–Crippen LogP) is 3.26. The quantitative estimate of drug-likeness (QED) is 0.366. The smallest absolute Gasteiger partial charge is 0.434 e. The molecule has 0 aromatic heterocycles. The molecule has 0 fully saturated rings. The van der Waals surface area contributed by atoms with Gasteiger partial charge in [0.1, 0.15) is 0 Å². The van der Waals surface area contributed by atoms with Crippen molar-refractivity contribution >= 4 is 29.4 Å². The van der Waals surface area contributed by atoms with Crippen molar-refractivity contribution in [3.05, 3.63) is 38.1 Å². The highest BCUT2D eigenvalue weighted by Crippen LogP contribution is 2.32. The molecule has 21 heavy (non-hydrogen) atoms. The summed E-state index contributed by atoms with van der Waals surface area (Å²) in [6, 6.07) is 0.623. The summed E-state index contributed by atoms with van der Waals surface area (Å²) in [5.41, 5.74) is -1.61. The molecule has 7 nitrogen and oxygen atoms in total. The summed E-state index contributed by atoms with van der Waals surface area (Å²) in [5.74, 6) is -2.38. The summed E-state index contributed by atoms with van der Waals surface area (Å²) in [5, 5.41) is 10.4. The molecule has 0 N–H and O–H groups in total. The fourth-order valence-corrected chi connectivity index (χ4v) is 1.90. The fourth-order valence-electron chi connectivity index (χ4n) is 1.55. The van der Waals surface area contributed by atoms with Gasteiger partial charge in [-0.1, -0.05) is 18.5 Å². The van der Waals surface area contributed by atoms with Gasteiger partial charge in [-0.25, -0.2) is 9.59 Å². The Morgan fingerprint density at radius 1 is 1.43 bits per heavy atom. The summed E-state index contributed by atoms with van der Waals surface area (Å²) in [6.07, 6.45) is -1.25. The first kappa shape index (κ1) is 16.8. The van der Waals surface area contributed by atoms with Crippen LogP contribution < -0.4 is 0 Å². The van der Waals surface area contributed by atoms with E-state index in [1.54, 1.807) is 0 Å². The molecule has 0 unspecified atom stereocenters. The van der Waals surface area contributed by atoms with Gasteiger partial charge in [0, 0.05) is 11.6 Å². The van der Waals surface area contributed by atoms with Crippen molar-refractivity contribution < 1.29 is 28.4 Å². The van der Waals surface area contributed by atoms with Crippen LogP contribution in [0.5, 0.6) is 0 Å². The van der Waals surface area contributed by atoms with Gasteiger partial charge in [-0.15, -0.1) is 0 Å². The number of carbonyl (C=O) groups is 2. The summed E-state index contributed by atoms with van der Waals surface area (Å²) in [4.78, 5) is 32.6. The van der Waals surface area contributed by atoms with Crippen molar-refractivity contribution in [3.8, 4) is 0 Å². The lowest BCUT2D eigenvalue weighted by Crippen LogP contribution is -2.15. The lowest BCUT2D eigenvalue weighted by Gasteiger charge is -2.09. The third-order valence-corrected chi connectivity index (χ3v) is 2.91. The Morgan fingerprint density at radius 3 is 2.52 bits per heavy atom. The normalized spacial score (nSPS) is 10.1. The molecule has 0 heterocycles. The number of hydrogen-bond acceptors (Lipinski definition) is 6. The third kappa shape index (κ3) is 3.66. The van der Waals surface area contributed by atoms with Crippen molar-refractivity contribution in [2.24, 2.45) is 0 Å². The number of carbonyl (C=O) groups excluding carboxylic acids is 2. The van der Waals surface area contributed by atoms with Gasteiger partial charge in [0.05, 0.1) is 22.1 Å². The predicted molar refractivity (Wildman–Crippen MR) is 69.9 cm³/mol. The van der Waals surface area contributed by atoms with Gasteiger partial charge in [0.2, 0.25) is 5.82 Å². The minimum absolute atomic E-state index is 0.0199. The van der Waals surface area contributed by atoms with E-state index >= 15 is 0 Å². The molecule has 0 atom stereocenters. The van der Waals surface area contributed by atoms with Gasteiger partial charge in [-0.05, 0) is 13.3 Å². The Balaban J connectivity index is 3.29. The van der Waals surface area contributed by atoms with Gasteiger partial charge < -0.3 is 9.47 Å². The van der Waals surface area contributed by atoms with Crippen molar-refractivity contribution in [1.82, 2.24) is 0 Å². The van der Waals surface area contributed by atoms with E-state index < -0.39 is 34.1 Å². The van der Waals surface area contributed by atoms with Gasteiger partial charge in [0.25, 0.3) is 0 Å². The molecule has 1 aromatic rings. The SMILES string of the molecule is CCOC(=O)OC(=O)c1cc([N+](=O)[O-])c(F)c(CC)c1Cl. The minimum Gasteiger partial charge on any atom is -0.434 e. The van der Waals surface area contributed by atoms with Crippen LogP contribution in [0.15, 0.2) is 6.07 Å². The molecule has 1 rings (SSSR count). The zero-order valence-electron chi connectivity index (χ0n) is 11.1. The second-order valence-corrected chi connectivity index (χ2v) is 4.11. The molecule has 0 aliphatic rings. The van der Waals surface area contributed by atoms with E-state index in [9.17, 15) is 24.1 Å². The Kier molecular flexibility index (Phi) is 5.60. The van der Waals surface area contributed by atoms with Gasteiger partial charge in [0.15, 0.2) is 0 Å². The van der Waals surface area contributed by atoms with Gasteiger partial charge in [-0.2, -0.15) is 4.39 Å². The number of nitrogens with zero attached hydrogens (tertiary/aromatic N) is 1. The lowest BCUT2D eigenvalue weighted by atomic mass is 10.1. The number of rotatable bonds is 4. The van der Waals surface area contributed by atoms with Crippen LogP contribution in [0.1, 0.15) is 29.8 Å². The van der Waals surface area contributed by atoms with Crippen LogP contribution in [0.25, 0.3) is 0 Å². The molecular formula is C12H11ClFNO6. The number of ether oxygens (including phenoxy) is 2. The van der Waals surface area contributed by atoms with Crippen LogP contribution in [0.4, 0.5) is 14.9 Å². The van der Waals surface area contributed by atoms with Crippen molar-refractivity contribution in [3.63, 3.8) is 0 Å². The van der Waals surface area contributed by atoms with Crippen LogP contribution in [0, 0.1) is 15.9 Å². The number of nitro groups is 1. The number of esters is 1. The Labute approximate surface area is 123 Å². The van der Waals surface area contributed by atoms with Crippen molar-refractivity contribution in [2.45, 2.75) is 20.3 Å². The van der Waals surface area contributed by atoms with E-state index in [2.05, 4.69) is 9.47 Å². The zero-order valence-corrected chi connectivity index (χ0v) is 11.9. The molecule has 9 heteroatoms. The standard InChI is InChI=1S/C12H11ClFNO6/c1-3-6-9(13)7(5-8(10(6)14)15(18)19)11(16)21-12(17)20-4-2/h5H,3-4H2,1-2H3. The summed E-state index contributed by atoms with van der Waals surface area (Å²) < 4.78 is 22.5. The van der Waals surface area contributed by atoms with E-state index in [-0.39, 0.29) is 23.6 Å². The second-order valence-electron chi connectivity index (χ2n) is 3.73. The van der Waals surface area contributed by atoms with E-state index in [1.807, 2.05) is 0 Å². The lowest BCUT2D eigenvalue weighted by molar-refractivity contribution is -0.387. The highest BCUT2D eigenvalue weighted by Gasteiger charge is 2.28. The first-order valence-corrected chi connectivity index (χ1v) is 6.25. The second kappa shape index (κ2) is 6.98. The van der Waals surface area contributed by atoms with Crippen LogP contribution >= 0.6 is 11.6 Å². The van der Waals surface area contributed by atoms with E-state index in [0.29, 0.717) is 6.07 Å².